The summed E-state index contributed by atoms with van der Waals surface area (Å²) in [5.74, 6) is 0. The molecule has 286 valence electrons. The molecule has 0 atom stereocenters. The number of rotatable bonds is 6. The van der Waals surface area contributed by atoms with E-state index in [2.05, 4.69) is 248 Å². The second-order valence-corrected chi connectivity index (χ2v) is 17.0. The lowest BCUT2D eigenvalue weighted by atomic mass is 9.33. The fourth-order valence-corrected chi connectivity index (χ4v) is 9.59. The van der Waals surface area contributed by atoms with E-state index in [0.717, 1.165) is 28.4 Å². The second-order valence-electron chi connectivity index (χ2n) is 17.0. The zero-order chi connectivity index (χ0) is 40.4. The molecule has 0 saturated carbocycles. The number of anilines is 9. The minimum Gasteiger partial charge on any atom is -0.311 e. The zero-order valence-electron chi connectivity index (χ0n) is 34.1. The first kappa shape index (κ1) is 35.8. The van der Waals surface area contributed by atoms with E-state index in [1.54, 1.807) is 0 Å². The maximum absolute atomic E-state index is 2.52. The molecule has 0 spiro atoms. The van der Waals surface area contributed by atoms with E-state index in [1.165, 1.54) is 66.6 Å². The summed E-state index contributed by atoms with van der Waals surface area (Å²) in [6, 6.07) is 78.2. The van der Waals surface area contributed by atoms with E-state index in [-0.39, 0.29) is 12.1 Å². The summed E-state index contributed by atoms with van der Waals surface area (Å²) in [4.78, 5) is 7.51. The lowest BCUT2D eigenvalue weighted by Crippen LogP contribution is -2.61. The highest BCUT2D eigenvalue weighted by Gasteiger charge is 2.43. The van der Waals surface area contributed by atoms with Crippen molar-refractivity contribution in [3.05, 3.63) is 218 Å². The average Bonchev–Trinajstić information content (AvgIpc) is 3.29. The number of benzene rings is 9. The van der Waals surface area contributed by atoms with Crippen molar-refractivity contribution >= 4 is 85.1 Å². The molecule has 9 aromatic carbocycles. The van der Waals surface area contributed by atoms with Gasteiger partial charge in [-0.2, -0.15) is 0 Å². The van der Waals surface area contributed by atoms with Crippen LogP contribution in [0.15, 0.2) is 212 Å². The largest absolute Gasteiger partial charge is 0.311 e. The van der Waals surface area contributed by atoms with Gasteiger partial charge >= 0.3 is 0 Å². The normalized spacial score (nSPS) is 12.8. The molecule has 0 aliphatic carbocycles. The van der Waals surface area contributed by atoms with Crippen LogP contribution in [0, 0.1) is 0 Å². The van der Waals surface area contributed by atoms with Crippen LogP contribution in [0.1, 0.15) is 26.3 Å². The fourth-order valence-electron chi connectivity index (χ4n) is 9.59. The highest BCUT2D eigenvalue weighted by atomic mass is 15.2. The second kappa shape index (κ2) is 14.2. The van der Waals surface area contributed by atoms with E-state index in [0.29, 0.717) is 0 Å². The highest BCUT2D eigenvalue weighted by Crippen LogP contribution is 2.50. The first-order valence-corrected chi connectivity index (χ1v) is 21.0. The molecule has 11 rings (SSSR count). The van der Waals surface area contributed by atoms with Gasteiger partial charge in [0, 0.05) is 50.8 Å². The smallest absolute Gasteiger partial charge is 0.252 e. The topological polar surface area (TPSA) is 9.72 Å². The molecule has 2 heterocycles. The third kappa shape index (κ3) is 5.82. The standard InChI is InChI=1S/C56H44BN3/c1-56(2,3)41-32-34-44(35-33-41)58(55-46-26-14-13-21-40(46)31-36-47(55)39-19-7-4-8-20-39)45-37-52-54-53(38-45)60(43-24-11-6-12-25-43)51-30-18-16-28-49(51)57(54)48-27-15-17-29-50(48)59(52)42-22-9-5-10-23-42/h4-38H,1-3H3. The fraction of sp³-hybridized carbons (Fsp3) is 0.0714. The van der Waals surface area contributed by atoms with Gasteiger partial charge in [0.05, 0.1) is 11.4 Å². The summed E-state index contributed by atoms with van der Waals surface area (Å²) >= 11 is 0. The highest BCUT2D eigenvalue weighted by molar-refractivity contribution is 7.00. The van der Waals surface area contributed by atoms with Gasteiger partial charge in [-0.3, -0.25) is 0 Å². The predicted octanol–water partition coefficient (Wildman–Crippen LogP) is 13.4. The van der Waals surface area contributed by atoms with Crippen LogP contribution in [0.5, 0.6) is 0 Å². The van der Waals surface area contributed by atoms with Gasteiger partial charge in [0.1, 0.15) is 0 Å². The van der Waals surface area contributed by atoms with Crippen LogP contribution in [-0.2, 0) is 5.41 Å². The predicted molar refractivity (Wildman–Crippen MR) is 257 cm³/mol. The van der Waals surface area contributed by atoms with Gasteiger partial charge in [-0.1, -0.05) is 172 Å². The Labute approximate surface area is 353 Å². The number of hydrogen-bond acceptors (Lipinski definition) is 3. The Hall–Kier alpha value is -7.30. The van der Waals surface area contributed by atoms with Gasteiger partial charge in [-0.25, -0.2) is 0 Å². The van der Waals surface area contributed by atoms with Crippen LogP contribution in [0.3, 0.4) is 0 Å². The summed E-state index contributed by atoms with van der Waals surface area (Å²) in [5, 5.41) is 2.39. The van der Waals surface area contributed by atoms with Crippen molar-refractivity contribution in [3.63, 3.8) is 0 Å². The average molecular weight is 770 g/mol. The van der Waals surface area contributed by atoms with Crippen molar-refractivity contribution < 1.29 is 0 Å². The summed E-state index contributed by atoms with van der Waals surface area (Å²) in [6.07, 6.45) is 0. The summed E-state index contributed by atoms with van der Waals surface area (Å²) < 4.78 is 0. The minimum atomic E-state index is 0.0101. The first-order chi connectivity index (χ1) is 29.4. The molecule has 0 aromatic heterocycles. The van der Waals surface area contributed by atoms with E-state index in [1.807, 2.05) is 0 Å². The molecule has 0 N–H and O–H groups in total. The van der Waals surface area contributed by atoms with Crippen LogP contribution in [0.4, 0.5) is 51.2 Å². The molecule has 0 radical (unpaired) electrons. The molecule has 2 aliphatic heterocycles. The molecule has 0 amide bonds. The van der Waals surface area contributed by atoms with Crippen LogP contribution >= 0.6 is 0 Å². The molecule has 0 saturated heterocycles. The monoisotopic (exact) mass is 769 g/mol. The van der Waals surface area contributed by atoms with Crippen LogP contribution in [-0.4, -0.2) is 6.71 Å². The van der Waals surface area contributed by atoms with Crippen molar-refractivity contribution in [1.29, 1.82) is 0 Å². The van der Waals surface area contributed by atoms with Gasteiger partial charge in [-0.15, -0.1) is 0 Å². The van der Waals surface area contributed by atoms with Crippen molar-refractivity contribution in [2.45, 2.75) is 26.2 Å². The molecule has 0 unspecified atom stereocenters. The number of fused-ring (bicyclic) bond motifs is 5. The SMILES string of the molecule is CC(C)(C)c1ccc(N(c2cc3c4c(c2)N(c2ccccc2)c2ccccc2B4c2ccccc2N3c2ccccc2)c2c(-c3ccccc3)ccc3ccccc23)cc1. The van der Waals surface area contributed by atoms with E-state index < -0.39 is 0 Å². The van der Waals surface area contributed by atoms with Crippen LogP contribution < -0.4 is 31.1 Å². The Morgan fingerprint density at radius 2 is 0.933 bits per heavy atom. The van der Waals surface area contributed by atoms with Crippen molar-refractivity contribution in [2.75, 3.05) is 14.7 Å². The van der Waals surface area contributed by atoms with Crippen molar-refractivity contribution in [1.82, 2.24) is 0 Å². The summed E-state index contributed by atoms with van der Waals surface area (Å²) in [7, 11) is 0. The third-order valence-corrected chi connectivity index (χ3v) is 12.4. The zero-order valence-corrected chi connectivity index (χ0v) is 34.1. The van der Waals surface area contributed by atoms with Crippen molar-refractivity contribution in [3.8, 4) is 11.1 Å². The minimum absolute atomic E-state index is 0.0101. The molecule has 4 heteroatoms. The molecule has 0 fully saturated rings. The molecule has 2 aliphatic rings. The summed E-state index contributed by atoms with van der Waals surface area (Å²) in [6.45, 7) is 6.89. The lowest BCUT2D eigenvalue weighted by molar-refractivity contribution is 0.590. The van der Waals surface area contributed by atoms with Crippen molar-refractivity contribution in [2.24, 2.45) is 0 Å². The molecule has 9 aromatic rings. The number of nitrogens with zero attached hydrogens (tertiary/aromatic N) is 3. The van der Waals surface area contributed by atoms with E-state index >= 15 is 0 Å². The maximum atomic E-state index is 2.52. The van der Waals surface area contributed by atoms with Gasteiger partial charge in [0.2, 0.25) is 0 Å². The number of para-hydroxylation sites is 4. The molecule has 60 heavy (non-hydrogen) atoms. The number of hydrogen-bond donors (Lipinski definition) is 0. The third-order valence-electron chi connectivity index (χ3n) is 12.4. The van der Waals surface area contributed by atoms with E-state index in [9.17, 15) is 0 Å². The van der Waals surface area contributed by atoms with Gasteiger partial charge in [-0.05, 0) is 99.0 Å². The molecule has 3 nitrogen and oxygen atoms in total. The van der Waals surface area contributed by atoms with Crippen LogP contribution in [0.25, 0.3) is 21.9 Å². The summed E-state index contributed by atoms with van der Waals surface area (Å²) in [5.41, 5.74) is 17.9. The molecular formula is C56H44BN3. The Balaban J connectivity index is 1.28. The van der Waals surface area contributed by atoms with Gasteiger partial charge in [0.15, 0.2) is 0 Å². The molecule has 0 bridgehead atoms. The Bertz CT molecular complexity index is 2920. The van der Waals surface area contributed by atoms with Crippen LogP contribution in [0.2, 0.25) is 0 Å². The van der Waals surface area contributed by atoms with E-state index in [4.69, 9.17) is 0 Å². The Kier molecular flexibility index (Phi) is 8.49. The Morgan fingerprint density at radius 3 is 1.50 bits per heavy atom. The molecular weight excluding hydrogens is 725 g/mol. The Morgan fingerprint density at radius 1 is 0.433 bits per heavy atom. The lowest BCUT2D eigenvalue weighted by Gasteiger charge is -2.45. The van der Waals surface area contributed by atoms with Gasteiger partial charge in [0.25, 0.3) is 6.71 Å². The maximum Gasteiger partial charge on any atom is 0.252 e. The quantitative estimate of drug-likeness (QED) is 0.156. The first-order valence-electron chi connectivity index (χ1n) is 21.0. The van der Waals surface area contributed by atoms with Gasteiger partial charge < -0.3 is 14.7 Å².